The van der Waals surface area contributed by atoms with E-state index in [4.69, 9.17) is 0 Å². The topological polar surface area (TPSA) is 63.6 Å². The Labute approximate surface area is 140 Å². The fourth-order valence-corrected chi connectivity index (χ4v) is 1.42. The summed E-state index contributed by atoms with van der Waals surface area (Å²) in [4.78, 5) is 23.3. The number of hydrogen-bond donors (Lipinski definition) is 1. The van der Waals surface area contributed by atoms with Gasteiger partial charge in [0, 0.05) is 0 Å². The minimum atomic E-state index is -0.873. The third-order valence-electron chi connectivity index (χ3n) is 2.32. The molecule has 0 aliphatic carbocycles. The Hall–Kier alpha value is -1.36. The zero-order valence-corrected chi connectivity index (χ0v) is 9.37. The Morgan fingerprint density at radius 2 is 1.42 bits per heavy atom. The van der Waals surface area contributed by atoms with Gasteiger partial charge in [0.25, 0.3) is 0 Å². The van der Waals surface area contributed by atoms with Gasteiger partial charge in [-0.15, -0.1) is 0 Å². The van der Waals surface area contributed by atoms with Crippen LogP contribution in [0.2, 0.25) is 0 Å². The minimum absolute atomic E-state index is 0. The van der Waals surface area contributed by atoms with Gasteiger partial charge in [-0.05, 0) is 24.3 Å². The van der Waals surface area contributed by atoms with Gasteiger partial charge in [0.2, 0.25) is 0 Å². The summed E-state index contributed by atoms with van der Waals surface area (Å²) >= 11 is 0. The Morgan fingerprint density at radius 1 is 0.842 bits per heavy atom. The van der Waals surface area contributed by atoms with Gasteiger partial charge in [-0.25, -0.2) is 9.59 Å². The monoisotopic (exact) mass is 284 g/mol. The van der Waals surface area contributed by atoms with E-state index in [1.165, 1.54) is 12.1 Å². The van der Waals surface area contributed by atoms with E-state index in [1.54, 1.807) is 42.5 Å². The van der Waals surface area contributed by atoms with E-state index in [0.29, 0.717) is 0 Å². The third-order valence-corrected chi connectivity index (χ3v) is 2.32. The second-order valence-electron chi connectivity index (χ2n) is 3.56. The number of carbonyl (C=O) groups is 2. The van der Waals surface area contributed by atoms with Crippen molar-refractivity contribution in [3.63, 3.8) is 0 Å². The first-order chi connectivity index (χ1) is 8.68. The van der Waals surface area contributed by atoms with Crippen LogP contribution in [0.4, 0.5) is 0 Å². The number of benzene rings is 2. The number of carbonyl (C=O) groups excluding carboxylic acids is 2. The normalized spacial score (nSPS) is 9.26. The summed E-state index contributed by atoms with van der Waals surface area (Å²) in [5, 5.41) is 9.45. The van der Waals surface area contributed by atoms with Gasteiger partial charge < -0.3 is 9.84 Å². The molecule has 0 saturated heterocycles. The fourth-order valence-electron chi connectivity index (χ4n) is 1.42. The summed E-state index contributed by atoms with van der Waals surface area (Å²) in [7, 11) is 0. The van der Waals surface area contributed by atoms with Crippen molar-refractivity contribution in [1.29, 1.82) is 0 Å². The molecule has 0 unspecified atom stereocenters. The van der Waals surface area contributed by atoms with Crippen LogP contribution in [0.5, 0.6) is 5.75 Å². The van der Waals surface area contributed by atoms with Gasteiger partial charge in [-0.1, -0.05) is 30.3 Å². The van der Waals surface area contributed by atoms with Gasteiger partial charge in [-0.3, -0.25) is 0 Å². The molecule has 0 aromatic heterocycles. The molecule has 19 heavy (non-hydrogen) atoms. The average molecular weight is 284 g/mol. The first-order valence-electron chi connectivity index (χ1n) is 5.28. The summed E-state index contributed by atoms with van der Waals surface area (Å²) in [5.74, 6) is -1.84. The first kappa shape index (κ1) is 15.7. The van der Waals surface area contributed by atoms with E-state index in [0.717, 1.165) is 0 Å². The number of phenols is 1. The van der Waals surface area contributed by atoms with Crippen LogP contribution in [0.25, 0.3) is 0 Å². The van der Waals surface area contributed by atoms with Crippen molar-refractivity contribution in [2.75, 3.05) is 0 Å². The molecule has 0 saturated carbocycles. The van der Waals surface area contributed by atoms with Crippen molar-refractivity contribution in [3.05, 3.63) is 65.7 Å². The Bertz CT molecular complexity index is 581. The first-order valence-corrected chi connectivity index (χ1v) is 5.28. The van der Waals surface area contributed by atoms with E-state index >= 15 is 0 Å². The maximum absolute atomic E-state index is 11.6. The fraction of sp³-hybridized carbons (Fsp3) is 0. The molecule has 0 atom stereocenters. The molecule has 2 aromatic carbocycles. The maximum atomic E-state index is 11.6. The van der Waals surface area contributed by atoms with Gasteiger partial charge in [-0.2, -0.15) is 0 Å². The predicted molar refractivity (Wildman–Crippen MR) is 72.8 cm³/mol. The molecule has 0 amide bonds. The van der Waals surface area contributed by atoms with Crippen LogP contribution in [-0.4, -0.2) is 54.8 Å². The standard InChI is InChI=1S/C14H10O4.Ca.2H/c15-12-9-5-4-8-11(12)14(17)18-13(16)10-6-2-1-3-7-10;;;/h1-9,15H;;;. The average Bonchev–Trinajstić information content (AvgIpc) is 2.40. The predicted octanol–water partition coefficient (Wildman–Crippen LogP) is 1.47. The van der Waals surface area contributed by atoms with E-state index in [-0.39, 0.29) is 54.6 Å². The Kier molecular flexibility index (Phi) is 6.02. The number of para-hydroxylation sites is 1. The van der Waals surface area contributed by atoms with Crippen LogP contribution in [-0.2, 0) is 4.74 Å². The second-order valence-corrected chi connectivity index (χ2v) is 3.56. The second kappa shape index (κ2) is 7.28. The number of hydrogen-bond acceptors (Lipinski definition) is 4. The van der Waals surface area contributed by atoms with Crippen LogP contribution >= 0.6 is 0 Å². The van der Waals surface area contributed by atoms with Gasteiger partial charge >= 0.3 is 49.7 Å². The summed E-state index contributed by atoms with van der Waals surface area (Å²) in [6.45, 7) is 0. The molecule has 5 heteroatoms. The molecule has 0 radical (unpaired) electrons. The molecular formula is C14H12CaO4. The summed E-state index contributed by atoms with van der Waals surface area (Å²) in [5.41, 5.74) is 0.239. The van der Waals surface area contributed by atoms with Crippen LogP contribution < -0.4 is 0 Å². The van der Waals surface area contributed by atoms with Gasteiger partial charge in [0.15, 0.2) is 0 Å². The van der Waals surface area contributed by atoms with Crippen LogP contribution in [0.1, 0.15) is 20.7 Å². The Balaban J connectivity index is 0.00000180. The van der Waals surface area contributed by atoms with Gasteiger partial charge in [0.05, 0.1) is 5.56 Å². The molecule has 0 bridgehead atoms. The molecule has 0 spiro atoms. The molecule has 0 heterocycles. The number of rotatable bonds is 2. The zero-order chi connectivity index (χ0) is 13.0. The Morgan fingerprint density at radius 3 is 2.05 bits per heavy atom. The summed E-state index contributed by atoms with van der Waals surface area (Å²) < 4.78 is 4.67. The molecule has 1 N–H and O–H groups in total. The molecule has 2 rings (SSSR count). The van der Waals surface area contributed by atoms with Crippen LogP contribution in [0.15, 0.2) is 54.6 Å². The number of phenolic OH excluding ortho intramolecular Hbond substituents is 1. The molecule has 0 aliphatic heterocycles. The van der Waals surface area contributed by atoms with Crippen LogP contribution in [0.3, 0.4) is 0 Å². The quantitative estimate of drug-likeness (QED) is 0.515. The number of aromatic hydroxyl groups is 1. The summed E-state index contributed by atoms with van der Waals surface area (Å²) in [6.07, 6.45) is 0. The van der Waals surface area contributed by atoms with Crippen molar-refractivity contribution in [1.82, 2.24) is 0 Å². The van der Waals surface area contributed by atoms with E-state index < -0.39 is 11.9 Å². The third kappa shape index (κ3) is 4.06. The van der Waals surface area contributed by atoms with E-state index in [1.807, 2.05) is 0 Å². The van der Waals surface area contributed by atoms with Gasteiger partial charge in [0.1, 0.15) is 11.3 Å². The van der Waals surface area contributed by atoms with Crippen molar-refractivity contribution >= 4 is 49.7 Å². The van der Waals surface area contributed by atoms with Crippen molar-refractivity contribution in [2.24, 2.45) is 0 Å². The van der Waals surface area contributed by atoms with Crippen molar-refractivity contribution < 1.29 is 19.4 Å². The SMILES string of the molecule is O=C(OC(=O)c1ccccc1O)c1ccccc1.[CaH2]. The molecule has 0 fully saturated rings. The van der Waals surface area contributed by atoms with Crippen molar-refractivity contribution in [3.8, 4) is 5.75 Å². The number of esters is 2. The van der Waals surface area contributed by atoms with Crippen molar-refractivity contribution in [2.45, 2.75) is 0 Å². The van der Waals surface area contributed by atoms with E-state index in [9.17, 15) is 14.7 Å². The molecule has 4 nitrogen and oxygen atoms in total. The molecular weight excluding hydrogens is 272 g/mol. The molecule has 0 aliphatic rings. The number of ether oxygens (including phenoxy) is 1. The summed E-state index contributed by atoms with van der Waals surface area (Å²) in [6, 6.07) is 14.1. The van der Waals surface area contributed by atoms with E-state index in [2.05, 4.69) is 4.74 Å². The molecule has 94 valence electrons. The molecule has 2 aromatic rings. The van der Waals surface area contributed by atoms with Crippen LogP contribution in [0, 0.1) is 0 Å². The zero-order valence-electron chi connectivity index (χ0n) is 9.37.